The monoisotopic (exact) mass is 416 g/mol. The topological polar surface area (TPSA) is 55.1 Å². The van der Waals surface area contributed by atoms with Gasteiger partial charge in [0, 0.05) is 18.9 Å². The summed E-state index contributed by atoms with van der Waals surface area (Å²) in [6.45, 7) is 5.96. The summed E-state index contributed by atoms with van der Waals surface area (Å²) in [5.41, 5.74) is 0.620. The maximum Gasteiger partial charge on any atom is 0.221 e. The molecule has 7 heteroatoms. The van der Waals surface area contributed by atoms with Crippen molar-refractivity contribution in [1.29, 1.82) is 0 Å². The van der Waals surface area contributed by atoms with Gasteiger partial charge in [-0.2, -0.15) is 0 Å². The highest BCUT2D eigenvalue weighted by Crippen LogP contribution is 2.33. The minimum atomic E-state index is -0.747. The maximum atomic E-state index is 13.9. The molecule has 0 saturated carbocycles. The van der Waals surface area contributed by atoms with Gasteiger partial charge in [-0.3, -0.25) is 4.79 Å². The highest BCUT2D eigenvalue weighted by molar-refractivity contribution is 5.76. The summed E-state index contributed by atoms with van der Waals surface area (Å²) in [5, 5.41) is 2.98. The van der Waals surface area contributed by atoms with E-state index in [0.717, 1.165) is 17.7 Å². The van der Waals surface area contributed by atoms with E-state index in [9.17, 15) is 18.0 Å². The first-order valence-corrected chi connectivity index (χ1v) is 9.58. The first-order chi connectivity index (χ1) is 14.1. The number of carbonyl (C=O) groups is 1. The Morgan fingerprint density at radius 1 is 1.07 bits per heavy atom. The lowest BCUT2D eigenvalue weighted by Gasteiger charge is -2.32. The van der Waals surface area contributed by atoms with Crippen LogP contribution >= 0.6 is 0 Å². The lowest BCUT2D eigenvalue weighted by Crippen LogP contribution is -2.36. The van der Waals surface area contributed by atoms with Gasteiger partial charge in [-0.25, -0.2) is 18.2 Å². The van der Waals surface area contributed by atoms with Crippen LogP contribution in [0, 0.1) is 22.9 Å². The lowest BCUT2D eigenvalue weighted by molar-refractivity contribution is -0.122. The molecular weight excluding hydrogens is 393 g/mol. The molecule has 1 heterocycles. The van der Waals surface area contributed by atoms with Crippen LogP contribution in [0.3, 0.4) is 0 Å². The molecule has 1 unspecified atom stereocenters. The SMILES string of the molecule is CC(C)(C)C(NC(=O)CCc1ncc(-c2ccc(F)cc2F)o1)c1ccc(F)cc1. The summed E-state index contributed by atoms with van der Waals surface area (Å²) in [7, 11) is 0. The number of aryl methyl sites for hydroxylation is 1. The molecule has 2 aromatic carbocycles. The molecule has 1 N–H and O–H groups in total. The van der Waals surface area contributed by atoms with Gasteiger partial charge in [0.2, 0.25) is 5.91 Å². The number of halogens is 3. The highest BCUT2D eigenvalue weighted by atomic mass is 19.1. The second-order valence-electron chi connectivity index (χ2n) is 8.16. The van der Waals surface area contributed by atoms with Gasteiger partial charge in [0.25, 0.3) is 0 Å². The summed E-state index contributed by atoms with van der Waals surface area (Å²) >= 11 is 0. The van der Waals surface area contributed by atoms with E-state index in [4.69, 9.17) is 4.42 Å². The van der Waals surface area contributed by atoms with Crippen LogP contribution in [0.2, 0.25) is 0 Å². The quantitative estimate of drug-likeness (QED) is 0.570. The minimum absolute atomic E-state index is 0.101. The lowest BCUT2D eigenvalue weighted by atomic mass is 9.82. The Morgan fingerprint density at radius 2 is 1.73 bits per heavy atom. The van der Waals surface area contributed by atoms with Crippen molar-refractivity contribution >= 4 is 5.91 Å². The summed E-state index contributed by atoms with van der Waals surface area (Å²) in [5.74, 6) is -1.54. The number of carbonyl (C=O) groups excluding carboxylic acids is 1. The minimum Gasteiger partial charge on any atom is -0.441 e. The number of oxazole rings is 1. The number of amides is 1. The Kier molecular flexibility index (Phi) is 6.29. The van der Waals surface area contributed by atoms with Gasteiger partial charge in [-0.15, -0.1) is 0 Å². The number of rotatable bonds is 6. The maximum absolute atomic E-state index is 13.9. The van der Waals surface area contributed by atoms with E-state index in [-0.39, 0.29) is 53.2 Å². The molecule has 4 nitrogen and oxygen atoms in total. The van der Waals surface area contributed by atoms with Crippen LogP contribution < -0.4 is 5.32 Å². The Morgan fingerprint density at radius 3 is 2.37 bits per heavy atom. The van der Waals surface area contributed by atoms with Crippen molar-refractivity contribution in [1.82, 2.24) is 10.3 Å². The van der Waals surface area contributed by atoms with Crippen molar-refractivity contribution in [2.45, 2.75) is 39.7 Å². The Bertz CT molecular complexity index is 1020. The molecule has 3 aromatic rings. The Balaban J connectivity index is 1.65. The molecule has 0 aliphatic rings. The summed E-state index contributed by atoms with van der Waals surface area (Å²) in [6.07, 6.45) is 1.68. The molecule has 0 aliphatic carbocycles. The number of nitrogens with zero attached hydrogens (tertiary/aromatic N) is 1. The molecule has 158 valence electrons. The second-order valence-corrected chi connectivity index (χ2v) is 8.16. The fourth-order valence-electron chi connectivity index (χ4n) is 3.15. The summed E-state index contributed by atoms with van der Waals surface area (Å²) in [6, 6.07) is 8.92. The molecule has 0 saturated heterocycles. The third-order valence-electron chi connectivity index (χ3n) is 4.69. The smallest absolute Gasteiger partial charge is 0.221 e. The number of benzene rings is 2. The first kappa shape index (κ1) is 21.6. The molecule has 0 fully saturated rings. The van der Waals surface area contributed by atoms with Crippen molar-refractivity contribution in [3.8, 4) is 11.3 Å². The second kappa shape index (κ2) is 8.73. The van der Waals surface area contributed by atoms with Crippen molar-refractivity contribution < 1.29 is 22.4 Å². The van der Waals surface area contributed by atoms with Gasteiger partial charge >= 0.3 is 0 Å². The Labute approximate surface area is 173 Å². The van der Waals surface area contributed by atoms with Crippen molar-refractivity contribution in [2.24, 2.45) is 5.41 Å². The predicted molar refractivity (Wildman–Crippen MR) is 107 cm³/mol. The standard InChI is InChI=1S/C23H23F3N2O2/c1-23(2,3)22(14-4-6-15(24)7-5-14)28-20(29)10-11-21-27-13-19(30-21)17-9-8-16(25)12-18(17)26/h4-9,12-13,22H,10-11H2,1-3H3,(H,28,29). The summed E-state index contributed by atoms with van der Waals surface area (Å²) in [4.78, 5) is 16.6. The van der Waals surface area contributed by atoms with E-state index in [1.54, 1.807) is 12.1 Å². The molecule has 1 amide bonds. The molecule has 0 radical (unpaired) electrons. The fourth-order valence-corrected chi connectivity index (χ4v) is 3.15. The average molecular weight is 416 g/mol. The van der Waals surface area contributed by atoms with E-state index in [1.165, 1.54) is 24.4 Å². The molecular formula is C23H23F3N2O2. The van der Waals surface area contributed by atoms with Crippen LogP contribution in [-0.2, 0) is 11.2 Å². The van der Waals surface area contributed by atoms with Crippen molar-refractivity contribution in [3.05, 3.63) is 77.6 Å². The molecule has 0 aliphatic heterocycles. The van der Waals surface area contributed by atoms with Gasteiger partial charge in [0.15, 0.2) is 11.7 Å². The number of nitrogens with one attached hydrogen (secondary N) is 1. The van der Waals surface area contributed by atoms with Crippen LogP contribution in [0.15, 0.2) is 53.1 Å². The van der Waals surface area contributed by atoms with Gasteiger partial charge in [0.05, 0.1) is 17.8 Å². The van der Waals surface area contributed by atoms with Gasteiger partial charge in [-0.05, 0) is 35.2 Å². The highest BCUT2D eigenvalue weighted by Gasteiger charge is 2.28. The van der Waals surface area contributed by atoms with E-state index < -0.39 is 11.6 Å². The Hall–Kier alpha value is -3.09. The van der Waals surface area contributed by atoms with Crippen LogP contribution in [0.5, 0.6) is 0 Å². The fraction of sp³-hybridized carbons (Fsp3) is 0.304. The van der Waals surface area contributed by atoms with Crippen molar-refractivity contribution in [2.75, 3.05) is 0 Å². The zero-order valence-electron chi connectivity index (χ0n) is 17.0. The molecule has 3 rings (SSSR count). The van der Waals surface area contributed by atoms with Gasteiger partial charge in [-0.1, -0.05) is 32.9 Å². The van der Waals surface area contributed by atoms with E-state index in [2.05, 4.69) is 10.3 Å². The first-order valence-electron chi connectivity index (χ1n) is 9.58. The predicted octanol–water partition coefficient (Wildman–Crippen LogP) is 5.60. The molecule has 1 aromatic heterocycles. The number of hydrogen-bond acceptors (Lipinski definition) is 3. The number of aromatic nitrogens is 1. The zero-order chi connectivity index (χ0) is 21.9. The van der Waals surface area contributed by atoms with Crippen molar-refractivity contribution in [3.63, 3.8) is 0 Å². The van der Waals surface area contributed by atoms with E-state index >= 15 is 0 Å². The molecule has 1 atom stereocenters. The zero-order valence-corrected chi connectivity index (χ0v) is 17.0. The number of hydrogen-bond donors (Lipinski definition) is 1. The largest absolute Gasteiger partial charge is 0.441 e. The molecule has 0 bridgehead atoms. The van der Waals surface area contributed by atoms with Crippen LogP contribution in [-0.4, -0.2) is 10.9 Å². The molecule has 0 spiro atoms. The van der Waals surface area contributed by atoms with Crippen LogP contribution in [0.4, 0.5) is 13.2 Å². The normalized spacial score (nSPS) is 12.6. The van der Waals surface area contributed by atoms with Gasteiger partial charge < -0.3 is 9.73 Å². The van der Waals surface area contributed by atoms with E-state index in [0.29, 0.717) is 0 Å². The average Bonchev–Trinajstić information content (AvgIpc) is 3.13. The van der Waals surface area contributed by atoms with Gasteiger partial charge in [0.1, 0.15) is 17.5 Å². The van der Waals surface area contributed by atoms with Crippen LogP contribution in [0.1, 0.15) is 44.7 Å². The third kappa shape index (κ3) is 5.28. The van der Waals surface area contributed by atoms with E-state index in [1.807, 2.05) is 20.8 Å². The third-order valence-corrected chi connectivity index (χ3v) is 4.69. The summed E-state index contributed by atoms with van der Waals surface area (Å²) < 4.78 is 45.7. The molecule has 30 heavy (non-hydrogen) atoms. The van der Waals surface area contributed by atoms with Crippen LogP contribution in [0.25, 0.3) is 11.3 Å².